The Morgan fingerprint density at radius 3 is 3.12 bits per heavy atom. The van der Waals surface area contributed by atoms with E-state index in [2.05, 4.69) is 27.3 Å². The molecule has 2 aromatic heterocycles. The van der Waals surface area contributed by atoms with Gasteiger partial charge >= 0.3 is 0 Å². The minimum absolute atomic E-state index is 0.469. The van der Waals surface area contributed by atoms with E-state index in [9.17, 15) is 0 Å². The van der Waals surface area contributed by atoms with E-state index < -0.39 is 0 Å². The molecule has 1 saturated carbocycles. The van der Waals surface area contributed by atoms with Gasteiger partial charge in [-0.1, -0.05) is 12.8 Å². The van der Waals surface area contributed by atoms with Crippen LogP contribution in [0.3, 0.4) is 0 Å². The van der Waals surface area contributed by atoms with Crippen LogP contribution >= 0.6 is 0 Å². The van der Waals surface area contributed by atoms with E-state index in [4.69, 9.17) is 0 Å². The van der Waals surface area contributed by atoms with Crippen molar-refractivity contribution in [2.75, 3.05) is 5.32 Å². The summed E-state index contributed by atoms with van der Waals surface area (Å²) in [5.74, 6) is 2.57. The summed E-state index contributed by atoms with van der Waals surface area (Å²) in [4.78, 5) is 8.45. The molecule has 1 unspecified atom stereocenters. The highest BCUT2D eigenvalue weighted by atomic mass is 15.4. The van der Waals surface area contributed by atoms with Gasteiger partial charge in [0.25, 0.3) is 5.78 Å². The zero-order chi connectivity index (χ0) is 11.8. The Hall–Kier alpha value is -1.65. The van der Waals surface area contributed by atoms with Crippen molar-refractivity contribution in [3.8, 4) is 0 Å². The standard InChI is InChI=1S/C12H17N5/c1-8(5-10-3-4-10)15-11-6-9(2)16-12-13-7-14-17(11)12/h6-8,10,15H,3-5H2,1-2H3. The van der Waals surface area contributed by atoms with Gasteiger partial charge in [0.1, 0.15) is 12.1 Å². The van der Waals surface area contributed by atoms with Crippen molar-refractivity contribution in [2.45, 2.75) is 39.2 Å². The summed E-state index contributed by atoms with van der Waals surface area (Å²) in [6.07, 6.45) is 5.55. The second-order valence-electron chi connectivity index (χ2n) is 4.98. The first-order chi connectivity index (χ1) is 8.22. The average molecular weight is 231 g/mol. The molecule has 0 amide bonds. The number of aromatic nitrogens is 4. The topological polar surface area (TPSA) is 55.1 Å². The maximum Gasteiger partial charge on any atom is 0.254 e. The van der Waals surface area contributed by atoms with E-state index in [0.29, 0.717) is 11.8 Å². The van der Waals surface area contributed by atoms with Crippen LogP contribution in [0.15, 0.2) is 12.4 Å². The highest BCUT2D eigenvalue weighted by Crippen LogP contribution is 2.34. The summed E-state index contributed by atoms with van der Waals surface area (Å²) < 4.78 is 1.76. The molecule has 0 spiro atoms. The zero-order valence-electron chi connectivity index (χ0n) is 10.2. The lowest BCUT2D eigenvalue weighted by atomic mass is 10.1. The molecule has 0 aliphatic heterocycles. The highest BCUT2D eigenvalue weighted by molar-refractivity contribution is 5.45. The summed E-state index contributed by atoms with van der Waals surface area (Å²) in [6, 6.07) is 2.49. The van der Waals surface area contributed by atoms with E-state index in [0.717, 1.165) is 17.4 Å². The van der Waals surface area contributed by atoms with Gasteiger partial charge in [0.05, 0.1) is 0 Å². The van der Waals surface area contributed by atoms with Gasteiger partial charge in [-0.05, 0) is 26.2 Å². The number of anilines is 1. The summed E-state index contributed by atoms with van der Waals surface area (Å²) in [5.41, 5.74) is 0.964. The monoisotopic (exact) mass is 231 g/mol. The van der Waals surface area contributed by atoms with Gasteiger partial charge in [-0.2, -0.15) is 14.6 Å². The molecule has 1 fully saturated rings. The second-order valence-corrected chi connectivity index (χ2v) is 4.98. The zero-order valence-corrected chi connectivity index (χ0v) is 10.2. The Morgan fingerprint density at radius 1 is 1.53 bits per heavy atom. The van der Waals surface area contributed by atoms with Gasteiger partial charge in [0.15, 0.2) is 0 Å². The lowest BCUT2D eigenvalue weighted by Gasteiger charge is -2.15. The van der Waals surface area contributed by atoms with Gasteiger partial charge in [0, 0.05) is 17.8 Å². The molecule has 1 atom stereocenters. The van der Waals surface area contributed by atoms with Gasteiger partial charge in [0.2, 0.25) is 0 Å². The minimum atomic E-state index is 0.469. The van der Waals surface area contributed by atoms with Crippen LogP contribution in [0, 0.1) is 12.8 Å². The van der Waals surface area contributed by atoms with E-state index in [1.54, 1.807) is 10.8 Å². The molecule has 90 valence electrons. The number of hydrogen-bond donors (Lipinski definition) is 1. The fraction of sp³-hybridized carbons (Fsp3) is 0.583. The molecule has 0 radical (unpaired) electrons. The lowest BCUT2D eigenvalue weighted by Crippen LogP contribution is -2.18. The summed E-state index contributed by atoms with van der Waals surface area (Å²) >= 11 is 0. The third-order valence-electron chi connectivity index (χ3n) is 3.16. The van der Waals surface area contributed by atoms with Crippen molar-refractivity contribution < 1.29 is 0 Å². The predicted molar refractivity (Wildman–Crippen MR) is 65.9 cm³/mol. The highest BCUT2D eigenvalue weighted by Gasteiger charge is 2.23. The van der Waals surface area contributed by atoms with Gasteiger partial charge in [-0.25, -0.2) is 4.98 Å². The first-order valence-corrected chi connectivity index (χ1v) is 6.16. The summed E-state index contributed by atoms with van der Waals surface area (Å²) in [6.45, 7) is 4.20. The maximum atomic E-state index is 4.33. The third-order valence-corrected chi connectivity index (χ3v) is 3.16. The van der Waals surface area contributed by atoms with E-state index in [-0.39, 0.29) is 0 Å². The Bertz CT molecular complexity index is 529. The summed E-state index contributed by atoms with van der Waals surface area (Å²) in [7, 11) is 0. The Labute approximate surface area is 100 Å². The van der Waals surface area contributed by atoms with Gasteiger partial charge in [-0.3, -0.25) is 0 Å². The van der Waals surface area contributed by atoms with Crippen molar-refractivity contribution in [3.63, 3.8) is 0 Å². The fourth-order valence-electron chi connectivity index (χ4n) is 2.20. The van der Waals surface area contributed by atoms with Crippen LogP contribution in [0.1, 0.15) is 31.9 Å². The average Bonchev–Trinajstić information content (AvgIpc) is 2.94. The van der Waals surface area contributed by atoms with E-state index in [1.165, 1.54) is 19.3 Å². The fourth-order valence-corrected chi connectivity index (χ4v) is 2.20. The number of rotatable bonds is 4. The molecule has 17 heavy (non-hydrogen) atoms. The normalized spacial score (nSPS) is 17.3. The summed E-state index contributed by atoms with van der Waals surface area (Å²) in [5, 5.41) is 7.69. The molecule has 0 saturated heterocycles. The second kappa shape index (κ2) is 3.98. The molecule has 2 aromatic rings. The molecule has 2 heterocycles. The third kappa shape index (κ3) is 2.23. The van der Waals surface area contributed by atoms with Crippen molar-refractivity contribution in [1.82, 2.24) is 19.6 Å². The number of nitrogens with zero attached hydrogens (tertiary/aromatic N) is 4. The van der Waals surface area contributed by atoms with Crippen molar-refractivity contribution in [1.29, 1.82) is 0 Å². The molecule has 1 aliphatic rings. The lowest BCUT2D eigenvalue weighted by molar-refractivity contribution is 0.637. The number of fused-ring (bicyclic) bond motifs is 1. The van der Waals surface area contributed by atoms with Crippen LogP contribution in [0.5, 0.6) is 0 Å². The van der Waals surface area contributed by atoms with Crippen LogP contribution in [0.25, 0.3) is 5.78 Å². The van der Waals surface area contributed by atoms with Crippen molar-refractivity contribution >= 4 is 11.6 Å². The van der Waals surface area contributed by atoms with Crippen LogP contribution in [-0.4, -0.2) is 25.6 Å². The molecule has 0 aromatic carbocycles. The van der Waals surface area contributed by atoms with Gasteiger partial charge in [-0.15, -0.1) is 0 Å². The predicted octanol–water partition coefficient (Wildman–Crippen LogP) is 2.03. The largest absolute Gasteiger partial charge is 0.367 e. The van der Waals surface area contributed by atoms with Gasteiger partial charge < -0.3 is 5.32 Å². The first-order valence-electron chi connectivity index (χ1n) is 6.16. The molecular formula is C12H17N5. The van der Waals surface area contributed by atoms with Crippen molar-refractivity contribution in [2.24, 2.45) is 5.92 Å². The molecule has 0 bridgehead atoms. The molecule has 5 nitrogen and oxygen atoms in total. The molecular weight excluding hydrogens is 214 g/mol. The van der Waals surface area contributed by atoms with Crippen LogP contribution in [0.4, 0.5) is 5.82 Å². The van der Waals surface area contributed by atoms with Crippen LogP contribution < -0.4 is 5.32 Å². The Morgan fingerprint density at radius 2 is 2.35 bits per heavy atom. The number of hydrogen-bond acceptors (Lipinski definition) is 4. The Balaban J connectivity index is 1.84. The van der Waals surface area contributed by atoms with E-state index in [1.807, 2.05) is 13.0 Å². The molecule has 1 N–H and O–H groups in total. The quantitative estimate of drug-likeness (QED) is 0.874. The number of nitrogens with one attached hydrogen (secondary N) is 1. The minimum Gasteiger partial charge on any atom is -0.367 e. The molecule has 1 aliphatic carbocycles. The Kier molecular flexibility index (Phi) is 2.46. The molecule has 3 rings (SSSR count). The van der Waals surface area contributed by atoms with Crippen molar-refractivity contribution in [3.05, 3.63) is 18.1 Å². The maximum absolute atomic E-state index is 4.33. The SMILES string of the molecule is Cc1cc(NC(C)CC2CC2)n2ncnc2n1. The smallest absolute Gasteiger partial charge is 0.254 e. The van der Waals surface area contributed by atoms with E-state index >= 15 is 0 Å². The van der Waals surface area contributed by atoms with Crippen LogP contribution in [0.2, 0.25) is 0 Å². The van der Waals surface area contributed by atoms with Crippen LogP contribution in [-0.2, 0) is 0 Å². The first kappa shape index (κ1) is 10.5. The number of aryl methyl sites for hydroxylation is 1. The molecule has 5 heteroatoms.